The molecule has 194 valence electrons. The van der Waals surface area contributed by atoms with Gasteiger partial charge in [-0.3, -0.25) is 19.6 Å². The number of ether oxygens (including phenoxy) is 2. The Kier molecular flexibility index (Phi) is 7.58. The molecule has 2 aliphatic rings. The third kappa shape index (κ3) is 5.06. The van der Waals surface area contributed by atoms with E-state index in [2.05, 4.69) is 22.2 Å². The van der Waals surface area contributed by atoms with Crippen LogP contribution in [0.1, 0.15) is 31.0 Å². The number of methoxy groups -OCH3 is 2. The quantitative estimate of drug-likeness (QED) is 0.624. The number of aromatic nitrogens is 1. The first-order valence-corrected chi connectivity index (χ1v) is 11.8. The Hall–Kier alpha value is -3.47. The Morgan fingerprint density at radius 3 is 2.36 bits per heavy atom. The second-order valence-corrected chi connectivity index (χ2v) is 9.20. The van der Waals surface area contributed by atoms with Crippen LogP contribution < -0.4 is 24.6 Å². The lowest BCUT2D eigenvalue weighted by atomic mass is 9.95. The molecular formula is C25H31F2N5O4. The number of rotatable bonds is 7. The minimum absolute atomic E-state index is 0.0876. The number of piperidine rings is 1. The third-order valence-electron chi connectivity index (χ3n) is 6.72. The van der Waals surface area contributed by atoms with Gasteiger partial charge < -0.3 is 19.7 Å². The van der Waals surface area contributed by atoms with Crippen LogP contribution in [-0.4, -0.2) is 62.7 Å². The van der Waals surface area contributed by atoms with Gasteiger partial charge in [0.2, 0.25) is 5.91 Å². The van der Waals surface area contributed by atoms with Crippen molar-refractivity contribution in [1.82, 2.24) is 15.2 Å². The monoisotopic (exact) mass is 503 g/mol. The highest BCUT2D eigenvalue weighted by Crippen LogP contribution is 2.41. The summed E-state index contributed by atoms with van der Waals surface area (Å²) in [6.07, 6.45) is 3.38. The van der Waals surface area contributed by atoms with E-state index in [0.29, 0.717) is 23.5 Å². The number of halogens is 2. The predicted octanol–water partition coefficient (Wildman–Crippen LogP) is 3.30. The van der Waals surface area contributed by atoms with Gasteiger partial charge in [-0.2, -0.15) is 0 Å². The fourth-order valence-corrected chi connectivity index (χ4v) is 4.65. The molecule has 0 unspecified atom stereocenters. The van der Waals surface area contributed by atoms with Crippen LogP contribution in [0.3, 0.4) is 0 Å². The van der Waals surface area contributed by atoms with Crippen LogP contribution in [0.2, 0.25) is 0 Å². The molecule has 0 radical (unpaired) electrons. The van der Waals surface area contributed by atoms with Gasteiger partial charge in [0.25, 0.3) is 0 Å². The zero-order valence-electron chi connectivity index (χ0n) is 20.9. The maximum Gasteiger partial charge on any atom is 0.329 e. The van der Waals surface area contributed by atoms with Gasteiger partial charge in [0.1, 0.15) is 5.69 Å². The number of amides is 3. The third-order valence-corrected chi connectivity index (χ3v) is 6.72. The van der Waals surface area contributed by atoms with Crippen molar-refractivity contribution in [2.75, 3.05) is 50.7 Å². The Labute approximate surface area is 209 Å². The van der Waals surface area contributed by atoms with Crippen LogP contribution in [0.25, 0.3) is 0 Å². The highest BCUT2D eigenvalue weighted by molar-refractivity contribution is 6.06. The maximum absolute atomic E-state index is 15.4. The van der Waals surface area contributed by atoms with Crippen LogP contribution in [-0.2, 0) is 17.9 Å². The van der Waals surface area contributed by atoms with E-state index in [1.165, 1.54) is 21.1 Å². The van der Waals surface area contributed by atoms with Gasteiger partial charge in [-0.25, -0.2) is 13.6 Å². The smallest absolute Gasteiger partial charge is 0.329 e. The van der Waals surface area contributed by atoms with Crippen LogP contribution in [0.5, 0.6) is 11.5 Å². The fourth-order valence-electron chi connectivity index (χ4n) is 4.65. The van der Waals surface area contributed by atoms with Crippen molar-refractivity contribution in [2.45, 2.75) is 32.9 Å². The molecule has 3 amide bonds. The standard InChI is InChI=1S/C25H31F2N5O4/c1-15(33)28-12-18-9-19-17(11-29-18)14-32(24-22(26)20(35-3)10-21(36-4)23(24)27)25(34)31(19)13-16-5-7-30(2)8-6-16/h9-11,16H,5-8,12-14H2,1-4H3,(H,28,33). The molecule has 1 saturated heterocycles. The number of hydrogen-bond donors (Lipinski definition) is 1. The van der Waals surface area contributed by atoms with E-state index in [1.807, 2.05) is 0 Å². The molecule has 36 heavy (non-hydrogen) atoms. The summed E-state index contributed by atoms with van der Waals surface area (Å²) in [5.41, 5.74) is 1.31. The number of pyridine rings is 1. The lowest BCUT2D eigenvalue weighted by Crippen LogP contribution is -2.50. The van der Waals surface area contributed by atoms with Crippen LogP contribution in [0.15, 0.2) is 18.3 Å². The minimum atomic E-state index is -0.984. The topological polar surface area (TPSA) is 87.2 Å². The van der Waals surface area contributed by atoms with Crippen molar-refractivity contribution < 1.29 is 27.8 Å². The number of urea groups is 1. The number of carbonyl (C=O) groups is 2. The highest BCUT2D eigenvalue weighted by atomic mass is 19.1. The summed E-state index contributed by atoms with van der Waals surface area (Å²) in [5, 5.41) is 2.71. The maximum atomic E-state index is 15.4. The summed E-state index contributed by atoms with van der Waals surface area (Å²) in [5.74, 6) is -2.40. The van der Waals surface area contributed by atoms with Crippen LogP contribution in [0.4, 0.5) is 25.0 Å². The summed E-state index contributed by atoms with van der Waals surface area (Å²) in [6, 6.07) is 2.32. The summed E-state index contributed by atoms with van der Waals surface area (Å²) < 4.78 is 40.9. The van der Waals surface area contributed by atoms with Crippen molar-refractivity contribution >= 4 is 23.3 Å². The molecule has 9 nitrogen and oxygen atoms in total. The molecule has 2 aromatic rings. The Bertz CT molecular complexity index is 1130. The van der Waals surface area contributed by atoms with E-state index >= 15 is 8.78 Å². The fraction of sp³-hybridized carbons (Fsp3) is 0.480. The molecule has 0 bridgehead atoms. The zero-order chi connectivity index (χ0) is 26.0. The molecule has 11 heteroatoms. The molecule has 1 aromatic heterocycles. The molecular weight excluding hydrogens is 472 g/mol. The molecule has 3 heterocycles. The van der Waals surface area contributed by atoms with Crippen molar-refractivity contribution in [3.05, 3.63) is 41.2 Å². The second-order valence-electron chi connectivity index (χ2n) is 9.20. The minimum Gasteiger partial charge on any atom is -0.493 e. The number of carbonyl (C=O) groups excluding carboxylic acids is 2. The molecule has 0 saturated carbocycles. The first-order chi connectivity index (χ1) is 17.2. The van der Waals surface area contributed by atoms with Crippen molar-refractivity contribution in [2.24, 2.45) is 5.92 Å². The van der Waals surface area contributed by atoms with Gasteiger partial charge in [0.05, 0.1) is 38.7 Å². The van der Waals surface area contributed by atoms with Crippen molar-refractivity contribution in [3.63, 3.8) is 0 Å². The number of fused-ring (bicyclic) bond motifs is 1. The Balaban J connectivity index is 1.76. The zero-order valence-corrected chi connectivity index (χ0v) is 20.9. The van der Waals surface area contributed by atoms with Crippen molar-refractivity contribution in [1.29, 1.82) is 0 Å². The summed E-state index contributed by atoms with van der Waals surface area (Å²) in [4.78, 5) is 34.5. The number of likely N-dealkylation sites (tertiary alicyclic amines) is 1. The normalized spacial score (nSPS) is 16.7. The van der Waals surface area contributed by atoms with E-state index in [4.69, 9.17) is 9.47 Å². The highest BCUT2D eigenvalue weighted by Gasteiger charge is 2.38. The van der Waals surface area contributed by atoms with E-state index in [1.54, 1.807) is 17.2 Å². The number of nitrogens with one attached hydrogen (secondary N) is 1. The average Bonchev–Trinajstić information content (AvgIpc) is 2.86. The van der Waals surface area contributed by atoms with E-state index in [-0.39, 0.29) is 36.4 Å². The second kappa shape index (κ2) is 10.7. The first kappa shape index (κ1) is 25.6. The van der Waals surface area contributed by atoms with Crippen LogP contribution >= 0.6 is 0 Å². The van der Waals surface area contributed by atoms with Gasteiger partial charge >= 0.3 is 6.03 Å². The lowest BCUT2D eigenvalue weighted by molar-refractivity contribution is -0.119. The van der Waals surface area contributed by atoms with Gasteiger partial charge in [-0.1, -0.05) is 0 Å². The van der Waals surface area contributed by atoms with Gasteiger partial charge in [0.15, 0.2) is 23.1 Å². The van der Waals surface area contributed by atoms with E-state index in [9.17, 15) is 9.59 Å². The number of benzene rings is 1. The molecule has 1 fully saturated rings. The van der Waals surface area contributed by atoms with Crippen molar-refractivity contribution in [3.8, 4) is 11.5 Å². The van der Waals surface area contributed by atoms with Gasteiger partial charge in [-0.15, -0.1) is 0 Å². The molecule has 0 atom stereocenters. The summed E-state index contributed by atoms with van der Waals surface area (Å²) >= 11 is 0. The van der Waals surface area contributed by atoms with Gasteiger partial charge in [0, 0.05) is 31.3 Å². The molecule has 1 aromatic carbocycles. The largest absolute Gasteiger partial charge is 0.493 e. The SMILES string of the molecule is COc1cc(OC)c(F)c(N2Cc3cnc(CNC(C)=O)cc3N(CC3CCN(C)CC3)C2=O)c1F. The predicted molar refractivity (Wildman–Crippen MR) is 130 cm³/mol. The average molecular weight is 504 g/mol. The number of hydrogen-bond acceptors (Lipinski definition) is 6. The van der Waals surface area contributed by atoms with Gasteiger partial charge in [-0.05, 0) is 45.0 Å². The van der Waals surface area contributed by atoms with Crippen LogP contribution in [0, 0.1) is 17.6 Å². The van der Waals surface area contributed by atoms with E-state index < -0.39 is 23.4 Å². The molecule has 0 spiro atoms. The molecule has 2 aliphatic heterocycles. The Morgan fingerprint density at radius 1 is 1.14 bits per heavy atom. The Morgan fingerprint density at radius 2 is 1.78 bits per heavy atom. The molecule has 4 rings (SSSR count). The molecule has 0 aliphatic carbocycles. The number of nitrogens with zero attached hydrogens (tertiary/aromatic N) is 4. The molecule has 1 N–H and O–H groups in total. The lowest BCUT2D eigenvalue weighted by Gasteiger charge is -2.40. The van der Waals surface area contributed by atoms with E-state index in [0.717, 1.165) is 36.9 Å². The summed E-state index contributed by atoms with van der Waals surface area (Å²) in [6.45, 7) is 3.74. The first-order valence-electron chi connectivity index (χ1n) is 11.8. The summed E-state index contributed by atoms with van der Waals surface area (Å²) in [7, 11) is 4.58. The number of anilines is 2.